The van der Waals surface area contributed by atoms with E-state index in [0.717, 1.165) is 10.0 Å². The van der Waals surface area contributed by atoms with E-state index < -0.39 is 24.3 Å². The van der Waals surface area contributed by atoms with Gasteiger partial charge in [0, 0.05) is 8.95 Å². The molecule has 0 aliphatic rings. The molecule has 0 bridgehead atoms. The highest BCUT2D eigenvalue weighted by Gasteiger charge is 2.12. The van der Waals surface area contributed by atoms with E-state index in [1.807, 2.05) is 12.1 Å². The molecule has 0 atom stereocenters. The number of hydrogen-bond donors (Lipinski definition) is 1. The summed E-state index contributed by atoms with van der Waals surface area (Å²) in [5, 5.41) is 2.35. The zero-order valence-corrected chi connectivity index (χ0v) is 15.0. The zero-order chi connectivity index (χ0) is 16.8. The average Bonchev–Trinajstić information content (AvgIpc) is 2.50. The smallest absolute Gasteiger partial charge is 0.310 e. The molecule has 0 radical (unpaired) electrons. The van der Waals surface area contributed by atoms with Gasteiger partial charge < -0.3 is 10.1 Å². The van der Waals surface area contributed by atoms with E-state index >= 15 is 0 Å². The molecule has 0 heterocycles. The van der Waals surface area contributed by atoms with Gasteiger partial charge in [0.25, 0.3) is 5.91 Å². The highest BCUT2D eigenvalue weighted by molar-refractivity contribution is 9.10. The molecule has 2 aromatic rings. The van der Waals surface area contributed by atoms with Crippen molar-refractivity contribution >= 4 is 49.4 Å². The summed E-state index contributed by atoms with van der Waals surface area (Å²) < 4.78 is 19.8. The standard InChI is InChI=1S/C16H12Br2FNO3/c17-11-5-6-14(13(19)8-11)20-15(21)9-23-16(22)7-10-3-1-2-4-12(10)18/h1-6,8H,7,9H2,(H,20,21). The molecule has 2 aromatic carbocycles. The van der Waals surface area contributed by atoms with Crippen LogP contribution in [0, 0.1) is 5.82 Å². The Morgan fingerprint density at radius 1 is 1.13 bits per heavy atom. The van der Waals surface area contributed by atoms with Crippen molar-refractivity contribution in [3.8, 4) is 0 Å². The van der Waals surface area contributed by atoms with Gasteiger partial charge in [-0.15, -0.1) is 0 Å². The third kappa shape index (κ3) is 5.44. The second-order valence-corrected chi connectivity index (χ2v) is 6.37. The maximum Gasteiger partial charge on any atom is 0.310 e. The number of benzene rings is 2. The van der Waals surface area contributed by atoms with Crippen LogP contribution in [0.2, 0.25) is 0 Å². The Balaban J connectivity index is 1.84. The lowest BCUT2D eigenvalue weighted by atomic mass is 10.2. The van der Waals surface area contributed by atoms with Crippen LogP contribution < -0.4 is 5.32 Å². The number of rotatable bonds is 5. The van der Waals surface area contributed by atoms with E-state index in [1.165, 1.54) is 12.1 Å². The van der Waals surface area contributed by atoms with Crippen LogP contribution in [-0.4, -0.2) is 18.5 Å². The van der Waals surface area contributed by atoms with E-state index in [1.54, 1.807) is 18.2 Å². The van der Waals surface area contributed by atoms with Crippen molar-refractivity contribution in [1.82, 2.24) is 0 Å². The maximum atomic E-state index is 13.6. The highest BCUT2D eigenvalue weighted by Crippen LogP contribution is 2.19. The topological polar surface area (TPSA) is 55.4 Å². The van der Waals surface area contributed by atoms with Gasteiger partial charge in [-0.1, -0.05) is 50.1 Å². The molecule has 7 heteroatoms. The molecule has 0 saturated carbocycles. The molecule has 0 spiro atoms. The summed E-state index contributed by atoms with van der Waals surface area (Å²) in [6, 6.07) is 11.5. The first-order chi connectivity index (χ1) is 11.0. The van der Waals surface area contributed by atoms with Gasteiger partial charge >= 0.3 is 5.97 Å². The minimum atomic E-state index is -0.605. The summed E-state index contributed by atoms with van der Waals surface area (Å²) in [5.74, 6) is -1.72. The Labute approximate surface area is 149 Å². The first kappa shape index (κ1) is 17.6. The van der Waals surface area contributed by atoms with E-state index in [2.05, 4.69) is 37.2 Å². The summed E-state index contributed by atoms with van der Waals surface area (Å²) in [7, 11) is 0. The van der Waals surface area contributed by atoms with Gasteiger partial charge in [-0.25, -0.2) is 4.39 Å². The fraction of sp³-hybridized carbons (Fsp3) is 0.125. The quantitative estimate of drug-likeness (QED) is 0.707. The van der Waals surface area contributed by atoms with Crippen LogP contribution in [0.25, 0.3) is 0 Å². The number of carbonyl (C=O) groups excluding carboxylic acids is 2. The Morgan fingerprint density at radius 3 is 2.57 bits per heavy atom. The maximum absolute atomic E-state index is 13.6. The Morgan fingerprint density at radius 2 is 1.87 bits per heavy atom. The van der Waals surface area contributed by atoms with Crippen molar-refractivity contribution in [1.29, 1.82) is 0 Å². The van der Waals surface area contributed by atoms with Gasteiger partial charge in [-0.2, -0.15) is 0 Å². The van der Waals surface area contributed by atoms with Crippen molar-refractivity contribution in [3.63, 3.8) is 0 Å². The third-order valence-electron chi connectivity index (χ3n) is 2.86. The van der Waals surface area contributed by atoms with Gasteiger partial charge in [0.05, 0.1) is 12.1 Å². The molecule has 1 N–H and O–H groups in total. The van der Waals surface area contributed by atoms with Crippen molar-refractivity contribution in [3.05, 3.63) is 62.8 Å². The molecule has 0 unspecified atom stereocenters. The minimum absolute atomic E-state index is 0.0278. The molecule has 0 aliphatic heterocycles. The number of anilines is 1. The Bertz CT molecular complexity index is 737. The summed E-state index contributed by atoms with van der Waals surface area (Å²) in [6.07, 6.45) is 0.0430. The number of carbonyl (C=O) groups is 2. The average molecular weight is 445 g/mol. The first-order valence-electron chi connectivity index (χ1n) is 6.59. The molecule has 1 amide bonds. The summed E-state index contributed by atoms with van der Waals surface area (Å²) in [4.78, 5) is 23.4. The van der Waals surface area contributed by atoms with E-state index in [9.17, 15) is 14.0 Å². The Kier molecular flexibility index (Phi) is 6.29. The van der Waals surface area contributed by atoms with Crippen molar-refractivity contribution in [2.45, 2.75) is 6.42 Å². The van der Waals surface area contributed by atoms with Crippen LogP contribution in [0.3, 0.4) is 0 Å². The molecule has 4 nitrogen and oxygen atoms in total. The monoisotopic (exact) mass is 443 g/mol. The lowest BCUT2D eigenvalue weighted by Gasteiger charge is -2.08. The number of halogens is 3. The van der Waals surface area contributed by atoms with Crippen LogP contribution >= 0.6 is 31.9 Å². The van der Waals surface area contributed by atoms with Crippen molar-refractivity contribution < 1.29 is 18.7 Å². The van der Waals surface area contributed by atoms with E-state index in [4.69, 9.17) is 4.74 Å². The number of amides is 1. The second kappa shape index (κ2) is 8.21. The van der Waals surface area contributed by atoms with E-state index in [-0.39, 0.29) is 12.1 Å². The number of hydrogen-bond acceptors (Lipinski definition) is 3. The van der Waals surface area contributed by atoms with Gasteiger partial charge in [0.1, 0.15) is 5.82 Å². The molecule has 120 valence electrons. The fourth-order valence-electron chi connectivity index (χ4n) is 1.77. The first-order valence-corrected chi connectivity index (χ1v) is 8.18. The molecule has 0 fully saturated rings. The normalized spacial score (nSPS) is 10.2. The summed E-state index contributed by atoms with van der Waals surface area (Å²) >= 11 is 6.45. The Hall–Kier alpha value is -1.73. The van der Waals surface area contributed by atoms with Gasteiger partial charge in [-0.3, -0.25) is 9.59 Å². The summed E-state index contributed by atoms with van der Waals surface area (Å²) in [6.45, 7) is -0.473. The SMILES string of the molecule is O=C(COC(=O)Cc1ccccc1Br)Nc1ccc(Br)cc1F. The van der Waals surface area contributed by atoms with Crippen LogP contribution in [0.1, 0.15) is 5.56 Å². The van der Waals surface area contributed by atoms with Crippen molar-refractivity contribution in [2.75, 3.05) is 11.9 Å². The van der Waals surface area contributed by atoms with Crippen LogP contribution in [0.15, 0.2) is 51.4 Å². The fourth-order valence-corrected chi connectivity index (χ4v) is 2.53. The second-order valence-electron chi connectivity index (χ2n) is 4.60. The molecule has 0 saturated heterocycles. The van der Waals surface area contributed by atoms with Crippen LogP contribution in [-0.2, 0) is 20.7 Å². The predicted octanol–water partition coefficient (Wildman–Crippen LogP) is 4.08. The highest BCUT2D eigenvalue weighted by atomic mass is 79.9. The minimum Gasteiger partial charge on any atom is -0.455 e. The molecule has 2 rings (SSSR count). The van der Waals surface area contributed by atoms with Crippen LogP contribution in [0.5, 0.6) is 0 Å². The lowest BCUT2D eigenvalue weighted by molar-refractivity contribution is -0.146. The number of esters is 1. The van der Waals surface area contributed by atoms with E-state index in [0.29, 0.717) is 4.47 Å². The molecule has 0 aromatic heterocycles. The van der Waals surface area contributed by atoms with Gasteiger partial charge in [0.15, 0.2) is 6.61 Å². The number of nitrogens with one attached hydrogen (secondary N) is 1. The molecular formula is C16H12Br2FNO3. The predicted molar refractivity (Wildman–Crippen MR) is 91.5 cm³/mol. The third-order valence-corrected chi connectivity index (χ3v) is 4.13. The lowest BCUT2D eigenvalue weighted by Crippen LogP contribution is -2.22. The van der Waals surface area contributed by atoms with Gasteiger partial charge in [-0.05, 0) is 29.8 Å². The van der Waals surface area contributed by atoms with Crippen LogP contribution in [0.4, 0.5) is 10.1 Å². The number of ether oxygens (including phenoxy) is 1. The molecule has 0 aliphatic carbocycles. The summed E-state index contributed by atoms with van der Waals surface area (Å²) in [5.41, 5.74) is 0.789. The molecular weight excluding hydrogens is 433 g/mol. The largest absolute Gasteiger partial charge is 0.455 e. The van der Waals surface area contributed by atoms with Crippen molar-refractivity contribution in [2.24, 2.45) is 0 Å². The van der Waals surface area contributed by atoms with Gasteiger partial charge in [0.2, 0.25) is 0 Å². The zero-order valence-electron chi connectivity index (χ0n) is 11.8. The molecule has 23 heavy (non-hydrogen) atoms.